The first-order chi connectivity index (χ1) is 11.4. The number of ether oxygens (including phenoxy) is 1. The second kappa shape index (κ2) is 8.24. The molecule has 2 heterocycles. The fourth-order valence-electron chi connectivity index (χ4n) is 2.85. The van der Waals surface area contributed by atoms with Gasteiger partial charge in [0.15, 0.2) is 0 Å². The lowest BCUT2D eigenvalue weighted by Gasteiger charge is -2.34. The molecule has 1 aliphatic rings. The number of hydrogen-bond acceptors (Lipinski definition) is 4. The molecule has 1 atom stereocenters. The van der Waals surface area contributed by atoms with Gasteiger partial charge in [-0.05, 0) is 45.2 Å². The molecule has 0 spiro atoms. The lowest BCUT2D eigenvalue weighted by Crippen LogP contribution is -2.54. The van der Waals surface area contributed by atoms with Gasteiger partial charge in [0.05, 0.1) is 6.10 Å². The Kier molecular flexibility index (Phi) is 6.31. The van der Waals surface area contributed by atoms with Gasteiger partial charge in [-0.15, -0.1) is 0 Å². The molecule has 2 rings (SSSR count). The minimum absolute atomic E-state index is 0.0136. The highest BCUT2D eigenvalue weighted by molar-refractivity contribution is 5.94. The zero-order chi connectivity index (χ0) is 17.6. The fourth-order valence-corrected chi connectivity index (χ4v) is 2.85. The lowest BCUT2D eigenvalue weighted by molar-refractivity contribution is -0.141. The van der Waals surface area contributed by atoms with Crippen molar-refractivity contribution in [1.29, 1.82) is 0 Å². The van der Waals surface area contributed by atoms with Gasteiger partial charge in [-0.25, -0.2) is 0 Å². The van der Waals surface area contributed by atoms with Crippen molar-refractivity contribution in [2.24, 2.45) is 0 Å². The quantitative estimate of drug-likeness (QED) is 0.738. The Labute approximate surface area is 143 Å². The first-order valence-electron chi connectivity index (χ1n) is 8.53. The molecule has 1 aliphatic heterocycles. The molecule has 132 valence electrons. The van der Waals surface area contributed by atoms with Crippen LogP contribution in [-0.4, -0.2) is 46.5 Å². The van der Waals surface area contributed by atoms with Gasteiger partial charge in [0.2, 0.25) is 11.8 Å². The summed E-state index contributed by atoms with van der Waals surface area (Å²) in [5.41, 5.74) is 0.128. The number of aromatic nitrogens is 1. The third-order valence-electron chi connectivity index (χ3n) is 4.33. The molecular weight excluding hydrogens is 306 g/mol. The van der Waals surface area contributed by atoms with Gasteiger partial charge in [-0.3, -0.25) is 14.6 Å². The number of nitrogens with zero attached hydrogens (tertiary/aromatic N) is 2. The topological polar surface area (TPSA) is 71.5 Å². The summed E-state index contributed by atoms with van der Waals surface area (Å²) >= 11 is 0. The number of pyridine rings is 1. The van der Waals surface area contributed by atoms with E-state index < -0.39 is 5.54 Å². The molecule has 0 aliphatic carbocycles. The Morgan fingerprint density at radius 2 is 2.29 bits per heavy atom. The molecule has 2 amide bonds. The standard InChI is InChI=1S/C18H27N3O3/c1-14(2)24-11-5-10-20-17(23)18(3)8-7-16(22)21(18)13-15-6-4-9-19-12-15/h4,6,9,12,14H,5,7-8,10-11,13H2,1-3H3,(H,20,23). The van der Waals surface area contributed by atoms with E-state index in [9.17, 15) is 9.59 Å². The Hall–Kier alpha value is -1.95. The van der Waals surface area contributed by atoms with Crippen LogP contribution >= 0.6 is 0 Å². The van der Waals surface area contributed by atoms with Gasteiger partial charge in [0, 0.05) is 38.5 Å². The van der Waals surface area contributed by atoms with Crippen LogP contribution in [0.3, 0.4) is 0 Å². The summed E-state index contributed by atoms with van der Waals surface area (Å²) < 4.78 is 5.47. The molecule has 1 aromatic heterocycles. The Morgan fingerprint density at radius 1 is 1.50 bits per heavy atom. The number of hydrogen-bond donors (Lipinski definition) is 1. The van der Waals surface area contributed by atoms with Crippen LogP contribution < -0.4 is 5.32 Å². The van der Waals surface area contributed by atoms with Gasteiger partial charge in [0.25, 0.3) is 0 Å². The van der Waals surface area contributed by atoms with Gasteiger partial charge in [-0.1, -0.05) is 6.07 Å². The fraction of sp³-hybridized carbons (Fsp3) is 0.611. The molecule has 1 N–H and O–H groups in total. The maximum absolute atomic E-state index is 12.6. The van der Waals surface area contributed by atoms with E-state index in [0.717, 1.165) is 12.0 Å². The van der Waals surface area contributed by atoms with Gasteiger partial charge in [-0.2, -0.15) is 0 Å². The van der Waals surface area contributed by atoms with Crippen LogP contribution in [0.2, 0.25) is 0 Å². The maximum Gasteiger partial charge on any atom is 0.245 e. The van der Waals surface area contributed by atoms with Crippen molar-refractivity contribution < 1.29 is 14.3 Å². The van der Waals surface area contributed by atoms with Crippen molar-refractivity contribution in [2.75, 3.05) is 13.2 Å². The van der Waals surface area contributed by atoms with Crippen LogP contribution in [0.1, 0.15) is 45.6 Å². The highest BCUT2D eigenvalue weighted by atomic mass is 16.5. The number of rotatable bonds is 8. The SMILES string of the molecule is CC(C)OCCCNC(=O)C1(C)CCC(=O)N1Cc1cccnc1. The molecule has 0 bridgehead atoms. The monoisotopic (exact) mass is 333 g/mol. The Bertz CT molecular complexity index is 562. The van der Waals surface area contributed by atoms with Crippen LogP contribution in [0.5, 0.6) is 0 Å². The highest BCUT2D eigenvalue weighted by Crippen LogP contribution is 2.31. The first-order valence-corrected chi connectivity index (χ1v) is 8.53. The minimum atomic E-state index is -0.800. The number of carbonyl (C=O) groups excluding carboxylic acids is 2. The second-order valence-corrected chi connectivity index (χ2v) is 6.64. The molecule has 1 saturated heterocycles. The molecule has 1 aromatic rings. The minimum Gasteiger partial charge on any atom is -0.379 e. The van der Waals surface area contributed by atoms with Crippen LogP contribution in [0, 0.1) is 0 Å². The summed E-state index contributed by atoms with van der Waals surface area (Å²) in [6, 6.07) is 3.75. The van der Waals surface area contributed by atoms with Crippen LogP contribution in [-0.2, 0) is 20.9 Å². The molecule has 0 aromatic carbocycles. The molecule has 0 radical (unpaired) electrons. The molecule has 24 heavy (non-hydrogen) atoms. The molecule has 1 fully saturated rings. The summed E-state index contributed by atoms with van der Waals surface area (Å²) in [4.78, 5) is 30.7. The number of nitrogens with one attached hydrogen (secondary N) is 1. The van der Waals surface area contributed by atoms with Crippen molar-refractivity contribution in [1.82, 2.24) is 15.2 Å². The zero-order valence-electron chi connectivity index (χ0n) is 14.7. The third-order valence-corrected chi connectivity index (χ3v) is 4.33. The number of amides is 2. The van der Waals surface area contributed by atoms with Crippen molar-refractivity contribution in [3.05, 3.63) is 30.1 Å². The van der Waals surface area contributed by atoms with Gasteiger partial charge in [0.1, 0.15) is 5.54 Å². The first kappa shape index (κ1) is 18.4. The van der Waals surface area contributed by atoms with E-state index in [1.54, 1.807) is 17.3 Å². The normalized spacial score (nSPS) is 20.7. The van der Waals surface area contributed by atoms with Crippen molar-refractivity contribution >= 4 is 11.8 Å². The summed E-state index contributed by atoms with van der Waals surface area (Å²) in [6.45, 7) is 7.39. The van der Waals surface area contributed by atoms with E-state index >= 15 is 0 Å². The average Bonchev–Trinajstić information content (AvgIpc) is 2.85. The molecular formula is C18H27N3O3. The van der Waals surface area contributed by atoms with E-state index in [1.807, 2.05) is 32.9 Å². The van der Waals surface area contributed by atoms with E-state index in [1.165, 1.54) is 0 Å². The lowest BCUT2D eigenvalue weighted by atomic mass is 9.97. The Balaban J connectivity index is 1.92. The van der Waals surface area contributed by atoms with Crippen molar-refractivity contribution in [3.63, 3.8) is 0 Å². The third kappa shape index (κ3) is 4.54. The maximum atomic E-state index is 12.6. The summed E-state index contributed by atoms with van der Waals surface area (Å²) in [7, 11) is 0. The van der Waals surface area contributed by atoms with Crippen LogP contribution in [0.15, 0.2) is 24.5 Å². The van der Waals surface area contributed by atoms with Crippen molar-refractivity contribution in [3.8, 4) is 0 Å². The van der Waals surface area contributed by atoms with Gasteiger partial charge < -0.3 is 15.0 Å². The summed E-state index contributed by atoms with van der Waals surface area (Å²) in [5, 5.41) is 2.95. The molecule has 6 nitrogen and oxygen atoms in total. The van der Waals surface area contributed by atoms with E-state index in [-0.39, 0.29) is 17.9 Å². The predicted molar refractivity (Wildman–Crippen MR) is 91.1 cm³/mol. The molecule has 0 saturated carbocycles. The smallest absolute Gasteiger partial charge is 0.245 e. The highest BCUT2D eigenvalue weighted by Gasteiger charge is 2.46. The zero-order valence-corrected chi connectivity index (χ0v) is 14.7. The summed E-state index contributed by atoms with van der Waals surface area (Å²) in [5.74, 6) is -0.0820. The largest absolute Gasteiger partial charge is 0.379 e. The van der Waals surface area contributed by atoms with Gasteiger partial charge >= 0.3 is 0 Å². The predicted octanol–water partition coefficient (Wildman–Crippen LogP) is 1.89. The van der Waals surface area contributed by atoms with E-state index in [2.05, 4.69) is 10.3 Å². The van der Waals surface area contributed by atoms with E-state index in [0.29, 0.717) is 32.5 Å². The molecule has 6 heteroatoms. The van der Waals surface area contributed by atoms with E-state index in [4.69, 9.17) is 4.74 Å². The second-order valence-electron chi connectivity index (χ2n) is 6.64. The van der Waals surface area contributed by atoms with Crippen molar-refractivity contribution in [2.45, 2.75) is 58.2 Å². The van der Waals surface area contributed by atoms with Crippen LogP contribution in [0.4, 0.5) is 0 Å². The molecule has 1 unspecified atom stereocenters. The number of carbonyl (C=O) groups is 2. The number of likely N-dealkylation sites (tertiary alicyclic amines) is 1. The Morgan fingerprint density at radius 3 is 2.96 bits per heavy atom. The average molecular weight is 333 g/mol. The summed E-state index contributed by atoms with van der Waals surface area (Å²) in [6.07, 6.45) is 5.33. The van der Waals surface area contributed by atoms with Crippen LogP contribution in [0.25, 0.3) is 0 Å².